The Morgan fingerprint density at radius 1 is 1.23 bits per heavy atom. The maximum absolute atomic E-state index is 12.8. The third-order valence-electron chi connectivity index (χ3n) is 7.93. The van der Waals surface area contributed by atoms with Gasteiger partial charge in [-0.05, 0) is 27.2 Å². The highest BCUT2D eigenvalue weighted by Gasteiger charge is 2.70. The molecule has 0 aromatic carbocycles. The van der Waals surface area contributed by atoms with Gasteiger partial charge in [0, 0.05) is 30.3 Å². The van der Waals surface area contributed by atoms with Crippen LogP contribution in [0.1, 0.15) is 47.5 Å². The lowest BCUT2D eigenvalue weighted by Crippen LogP contribution is -2.70. The van der Waals surface area contributed by atoms with E-state index < -0.39 is 70.8 Å². The number of rotatable bonds is 3. The summed E-state index contributed by atoms with van der Waals surface area (Å²) in [4.78, 5) is 36.8. The van der Waals surface area contributed by atoms with Crippen LogP contribution in [-0.4, -0.2) is 69.8 Å². The number of aliphatic hydroxyl groups excluding tert-OH is 1. The standard InChI is InChI=1S/C22H30O9/c1-9-15-12(29-19(26)22(6)10(2)31-22)8-20(4)13(24)7-14(28-11(3)23)21(5,27)17(20)16(15)30-18(9)25/h10,12-17,24,27H,1,7-8H2,2-6H3/t10-,12-,13-,14+,15-,16+,17-,20+,21+,22+/m1/s1. The van der Waals surface area contributed by atoms with E-state index >= 15 is 0 Å². The molecule has 0 aromatic heterocycles. The molecule has 172 valence electrons. The Morgan fingerprint density at radius 2 is 1.84 bits per heavy atom. The van der Waals surface area contributed by atoms with Crippen LogP contribution in [0.4, 0.5) is 0 Å². The highest BCUT2D eigenvalue weighted by atomic mass is 16.7. The normalized spacial score (nSPS) is 50.7. The minimum atomic E-state index is -1.59. The molecule has 31 heavy (non-hydrogen) atoms. The van der Waals surface area contributed by atoms with E-state index in [0.717, 1.165) is 0 Å². The van der Waals surface area contributed by atoms with Crippen molar-refractivity contribution in [1.29, 1.82) is 0 Å². The van der Waals surface area contributed by atoms with Crippen molar-refractivity contribution < 1.29 is 43.5 Å². The molecule has 0 bridgehead atoms. The summed E-state index contributed by atoms with van der Waals surface area (Å²) in [5, 5.41) is 22.6. The van der Waals surface area contributed by atoms with Gasteiger partial charge in [-0.2, -0.15) is 0 Å². The zero-order valence-electron chi connectivity index (χ0n) is 18.4. The molecule has 4 rings (SSSR count). The molecule has 2 saturated carbocycles. The van der Waals surface area contributed by atoms with Gasteiger partial charge in [-0.25, -0.2) is 9.59 Å². The Morgan fingerprint density at radius 3 is 2.39 bits per heavy atom. The van der Waals surface area contributed by atoms with Gasteiger partial charge in [0.1, 0.15) is 23.9 Å². The maximum atomic E-state index is 12.8. The Kier molecular flexibility index (Phi) is 4.85. The number of epoxide rings is 1. The van der Waals surface area contributed by atoms with Crippen LogP contribution in [0.2, 0.25) is 0 Å². The molecule has 2 heterocycles. The van der Waals surface area contributed by atoms with Gasteiger partial charge in [-0.1, -0.05) is 13.5 Å². The summed E-state index contributed by atoms with van der Waals surface area (Å²) in [6.07, 6.45) is -3.77. The SMILES string of the molecule is C=C1C(=O)O[C@H]2[C@H]1[C@H](OC(=O)[C@@]1(C)O[C@@H]1C)C[C@@]1(C)[C@H](O)C[C@H](OC(C)=O)[C@](C)(O)[C@H]21. The van der Waals surface area contributed by atoms with Gasteiger partial charge in [-0.3, -0.25) is 4.79 Å². The highest BCUT2D eigenvalue weighted by Crippen LogP contribution is 2.60. The van der Waals surface area contributed by atoms with Crippen LogP contribution in [-0.2, 0) is 33.3 Å². The second-order valence-corrected chi connectivity index (χ2v) is 9.99. The number of carbonyl (C=O) groups is 3. The third kappa shape index (κ3) is 3.12. The van der Waals surface area contributed by atoms with Crippen LogP contribution in [0, 0.1) is 17.3 Å². The molecule has 0 aromatic rings. The van der Waals surface area contributed by atoms with Crippen LogP contribution in [0.3, 0.4) is 0 Å². The smallest absolute Gasteiger partial charge is 0.341 e. The first kappa shape index (κ1) is 22.2. The summed E-state index contributed by atoms with van der Waals surface area (Å²) in [5.74, 6) is -3.24. The van der Waals surface area contributed by atoms with Crippen LogP contribution in [0.15, 0.2) is 12.2 Å². The lowest BCUT2D eigenvalue weighted by atomic mass is 9.49. The minimum Gasteiger partial charge on any atom is -0.459 e. The number of esters is 3. The van der Waals surface area contributed by atoms with Crippen molar-refractivity contribution in [2.45, 2.75) is 89.2 Å². The quantitative estimate of drug-likeness (QED) is 0.282. The van der Waals surface area contributed by atoms with E-state index in [2.05, 4.69) is 6.58 Å². The molecule has 4 aliphatic rings. The fraction of sp³-hybridized carbons (Fsp3) is 0.773. The van der Waals surface area contributed by atoms with Crippen LogP contribution in [0.5, 0.6) is 0 Å². The van der Waals surface area contributed by atoms with Gasteiger partial charge in [-0.15, -0.1) is 0 Å². The van der Waals surface area contributed by atoms with Crippen molar-refractivity contribution in [3.8, 4) is 0 Å². The van der Waals surface area contributed by atoms with Crippen molar-refractivity contribution in [2.75, 3.05) is 0 Å². The molecular weight excluding hydrogens is 408 g/mol. The zero-order chi connectivity index (χ0) is 23.1. The number of carbonyl (C=O) groups excluding carboxylic acids is 3. The molecule has 2 aliphatic heterocycles. The maximum Gasteiger partial charge on any atom is 0.341 e. The topological polar surface area (TPSA) is 132 Å². The van der Waals surface area contributed by atoms with Gasteiger partial charge in [0.2, 0.25) is 0 Å². The fourth-order valence-corrected chi connectivity index (χ4v) is 5.92. The second kappa shape index (κ2) is 6.76. The van der Waals surface area contributed by atoms with Crippen molar-refractivity contribution in [1.82, 2.24) is 0 Å². The van der Waals surface area contributed by atoms with Gasteiger partial charge < -0.3 is 29.2 Å². The summed E-state index contributed by atoms with van der Waals surface area (Å²) in [6, 6.07) is 0. The highest BCUT2D eigenvalue weighted by molar-refractivity contribution is 5.91. The number of hydrogen-bond donors (Lipinski definition) is 2. The number of hydrogen-bond acceptors (Lipinski definition) is 9. The first-order valence-electron chi connectivity index (χ1n) is 10.6. The molecule has 0 radical (unpaired) electrons. The molecule has 10 atom stereocenters. The van der Waals surface area contributed by atoms with E-state index in [1.165, 1.54) is 13.8 Å². The van der Waals surface area contributed by atoms with E-state index in [9.17, 15) is 24.6 Å². The van der Waals surface area contributed by atoms with E-state index in [0.29, 0.717) is 0 Å². The zero-order valence-corrected chi connectivity index (χ0v) is 18.4. The van der Waals surface area contributed by atoms with Gasteiger partial charge in [0.25, 0.3) is 0 Å². The summed E-state index contributed by atoms with van der Waals surface area (Å²) in [7, 11) is 0. The van der Waals surface area contributed by atoms with Crippen molar-refractivity contribution in [3.05, 3.63) is 12.2 Å². The number of aliphatic hydroxyl groups is 2. The molecule has 2 aliphatic carbocycles. The van der Waals surface area contributed by atoms with Gasteiger partial charge in [0.05, 0.1) is 18.1 Å². The average Bonchev–Trinajstić information content (AvgIpc) is 3.15. The fourth-order valence-electron chi connectivity index (χ4n) is 5.92. The lowest BCUT2D eigenvalue weighted by Gasteiger charge is -2.60. The molecule has 0 amide bonds. The van der Waals surface area contributed by atoms with E-state index in [4.69, 9.17) is 18.9 Å². The third-order valence-corrected chi connectivity index (χ3v) is 7.93. The molecular formula is C22H30O9. The first-order chi connectivity index (χ1) is 14.2. The predicted molar refractivity (Wildman–Crippen MR) is 104 cm³/mol. The predicted octanol–water partition coefficient (Wildman–Crippen LogP) is 0.647. The molecule has 0 unspecified atom stereocenters. The van der Waals surface area contributed by atoms with Gasteiger partial charge >= 0.3 is 17.9 Å². The van der Waals surface area contributed by atoms with Crippen LogP contribution >= 0.6 is 0 Å². The molecule has 2 saturated heterocycles. The minimum absolute atomic E-state index is 0.00435. The summed E-state index contributed by atoms with van der Waals surface area (Å²) < 4.78 is 22.1. The summed E-state index contributed by atoms with van der Waals surface area (Å²) >= 11 is 0. The monoisotopic (exact) mass is 438 g/mol. The molecule has 9 heteroatoms. The van der Waals surface area contributed by atoms with Crippen molar-refractivity contribution >= 4 is 17.9 Å². The number of ether oxygens (including phenoxy) is 4. The second-order valence-electron chi connectivity index (χ2n) is 9.99. The molecule has 2 N–H and O–H groups in total. The van der Waals surface area contributed by atoms with E-state index in [1.807, 2.05) is 0 Å². The summed E-state index contributed by atoms with van der Waals surface area (Å²) in [5.41, 5.74) is -3.47. The summed E-state index contributed by atoms with van der Waals surface area (Å²) in [6.45, 7) is 11.8. The molecule has 0 spiro atoms. The van der Waals surface area contributed by atoms with Crippen molar-refractivity contribution in [2.24, 2.45) is 17.3 Å². The Labute approximate surface area is 180 Å². The average molecular weight is 438 g/mol. The number of fused-ring (bicyclic) bond motifs is 3. The lowest BCUT2D eigenvalue weighted by molar-refractivity contribution is -0.267. The Balaban J connectivity index is 1.71. The van der Waals surface area contributed by atoms with Crippen LogP contribution < -0.4 is 0 Å². The largest absolute Gasteiger partial charge is 0.459 e. The van der Waals surface area contributed by atoms with Crippen LogP contribution in [0.25, 0.3) is 0 Å². The van der Waals surface area contributed by atoms with Crippen molar-refractivity contribution in [3.63, 3.8) is 0 Å². The van der Waals surface area contributed by atoms with E-state index in [-0.39, 0.29) is 24.5 Å². The Hall–Kier alpha value is -1.97. The Bertz CT molecular complexity index is 850. The first-order valence-corrected chi connectivity index (χ1v) is 10.6. The molecule has 9 nitrogen and oxygen atoms in total. The molecule has 4 fully saturated rings. The van der Waals surface area contributed by atoms with E-state index in [1.54, 1.807) is 20.8 Å². The van der Waals surface area contributed by atoms with Gasteiger partial charge in [0.15, 0.2) is 5.60 Å².